The quantitative estimate of drug-likeness (QED) is 0.771. The minimum absolute atomic E-state index is 0.0569. The average molecular weight is 281 g/mol. The van der Waals surface area contributed by atoms with Crippen molar-refractivity contribution in [3.8, 4) is 11.3 Å². The Morgan fingerprint density at radius 3 is 2.52 bits per heavy atom. The molecule has 0 spiro atoms. The summed E-state index contributed by atoms with van der Waals surface area (Å²) >= 11 is 0. The lowest BCUT2D eigenvalue weighted by atomic mass is 10.0. The Morgan fingerprint density at radius 1 is 1.14 bits per heavy atom. The maximum atomic E-state index is 13.5. The van der Waals surface area contributed by atoms with E-state index in [4.69, 9.17) is 0 Å². The fraction of sp³-hybridized carbons (Fsp3) is 0.0588. The number of carboxylic acids is 1. The number of aryl methyl sites for hydroxylation is 1. The third kappa shape index (κ3) is 2.36. The molecule has 1 aromatic heterocycles. The summed E-state index contributed by atoms with van der Waals surface area (Å²) in [6.45, 7) is 1.72. The van der Waals surface area contributed by atoms with Gasteiger partial charge < -0.3 is 5.11 Å². The Kier molecular flexibility index (Phi) is 3.14. The smallest absolute Gasteiger partial charge is 0.336 e. The van der Waals surface area contributed by atoms with E-state index in [1.165, 1.54) is 18.2 Å². The van der Waals surface area contributed by atoms with Crippen LogP contribution in [0.15, 0.2) is 48.5 Å². The number of aromatic carboxylic acids is 1. The van der Waals surface area contributed by atoms with E-state index in [1.54, 1.807) is 6.92 Å². The number of rotatable bonds is 2. The predicted octanol–water partition coefficient (Wildman–Crippen LogP) is 4.05. The SMILES string of the molecule is Cc1cc(F)cc2c(C(=O)O)cc(-c3ccccc3)nc12. The van der Waals surface area contributed by atoms with Crippen LogP contribution in [0.1, 0.15) is 15.9 Å². The second-order valence-corrected chi connectivity index (χ2v) is 4.85. The number of nitrogens with zero attached hydrogens (tertiary/aromatic N) is 1. The standard InChI is InChI=1S/C17H12FNO2/c1-10-7-12(18)8-13-14(17(20)21)9-15(19-16(10)13)11-5-3-2-4-6-11/h2-9H,1H3,(H,20,21). The van der Waals surface area contributed by atoms with Crippen LogP contribution in [0.5, 0.6) is 0 Å². The van der Waals surface area contributed by atoms with Crippen molar-refractivity contribution in [2.24, 2.45) is 0 Å². The van der Waals surface area contributed by atoms with E-state index in [-0.39, 0.29) is 5.56 Å². The van der Waals surface area contributed by atoms with Crippen molar-refractivity contribution in [3.63, 3.8) is 0 Å². The van der Waals surface area contributed by atoms with Gasteiger partial charge in [-0.15, -0.1) is 0 Å². The second kappa shape index (κ2) is 4.98. The monoisotopic (exact) mass is 281 g/mol. The number of fused-ring (bicyclic) bond motifs is 1. The van der Waals surface area contributed by atoms with Crippen LogP contribution >= 0.6 is 0 Å². The van der Waals surface area contributed by atoms with Gasteiger partial charge in [0.25, 0.3) is 0 Å². The molecule has 0 atom stereocenters. The van der Waals surface area contributed by atoms with Gasteiger partial charge in [0.15, 0.2) is 0 Å². The Bertz CT molecular complexity index is 844. The Balaban J connectivity index is 2.38. The first-order valence-corrected chi connectivity index (χ1v) is 6.46. The van der Waals surface area contributed by atoms with Crippen LogP contribution < -0.4 is 0 Å². The lowest BCUT2D eigenvalue weighted by molar-refractivity contribution is 0.0699. The molecule has 0 unspecified atom stereocenters. The van der Waals surface area contributed by atoms with Gasteiger partial charge in [-0.1, -0.05) is 30.3 Å². The highest BCUT2D eigenvalue weighted by Crippen LogP contribution is 2.27. The molecule has 3 aromatic rings. The zero-order valence-corrected chi connectivity index (χ0v) is 11.3. The van der Waals surface area contributed by atoms with Gasteiger partial charge in [-0.05, 0) is 30.7 Å². The molecule has 0 aliphatic heterocycles. The van der Waals surface area contributed by atoms with Crippen LogP contribution in [-0.4, -0.2) is 16.1 Å². The van der Waals surface area contributed by atoms with Gasteiger partial charge in [0.1, 0.15) is 5.82 Å². The third-order valence-electron chi connectivity index (χ3n) is 3.37. The van der Waals surface area contributed by atoms with E-state index in [9.17, 15) is 14.3 Å². The van der Waals surface area contributed by atoms with E-state index in [2.05, 4.69) is 4.98 Å². The van der Waals surface area contributed by atoms with Crippen LogP contribution in [-0.2, 0) is 0 Å². The minimum atomic E-state index is -1.09. The Labute approximate surface area is 120 Å². The number of carboxylic acid groups (broad SMARTS) is 1. The molecule has 3 nitrogen and oxygen atoms in total. The van der Waals surface area contributed by atoms with Gasteiger partial charge in [0, 0.05) is 10.9 Å². The predicted molar refractivity (Wildman–Crippen MR) is 78.8 cm³/mol. The first-order valence-electron chi connectivity index (χ1n) is 6.46. The Morgan fingerprint density at radius 2 is 1.86 bits per heavy atom. The molecule has 0 saturated heterocycles. The lowest BCUT2D eigenvalue weighted by Gasteiger charge is -2.09. The van der Waals surface area contributed by atoms with Gasteiger partial charge in [-0.25, -0.2) is 14.2 Å². The first-order chi connectivity index (χ1) is 10.1. The molecule has 0 fully saturated rings. The largest absolute Gasteiger partial charge is 0.478 e. The summed E-state index contributed by atoms with van der Waals surface area (Å²) in [4.78, 5) is 16.0. The van der Waals surface area contributed by atoms with Crippen LogP contribution in [0.2, 0.25) is 0 Å². The maximum Gasteiger partial charge on any atom is 0.336 e. The molecule has 1 heterocycles. The topological polar surface area (TPSA) is 50.2 Å². The average Bonchev–Trinajstić information content (AvgIpc) is 2.47. The van der Waals surface area contributed by atoms with Gasteiger partial charge in [0.05, 0.1) is 16.8 Å². The highest BCUT2D eigenvalue weighted by atomic mass is 19.1. The Hall–Kier alpha value is -2.75. The molecule has 3 rings (SSSR count). The molecule has 0 aliphatic rings. The molecule has 0 saturated carbocycles. The molecule has 0 aliphatic carbocycles. The van der Waals surface area contributed by atoms with Gasteiger partial charge in [-0.3, -0.25) is 0 Å². The second-order valence-electron chi connectivity index (χ2n) is 4.85. The van der Waals surface area contributed by atoms with Gasteiger partial charge >= 0.3 is 5.97 Å². The van der Waals surface area contributed by atoms with Crippen LogP contribution in [0, 0.1) is 12.7 Å². The van der Waals surface area contributed by atoms with E-state index in [0.717, 1.165) is 5.56 Å². The van der Waals surface area contributed by atoms with Gasteiger partial charge in [-0.2, -0.15) is 0 Å². The summed E-state index contributed by atoms with van der Waals surface area (Å²) in [5, 5.41) is 9.70. The number of pyridine rings is 1. The molecule has 0 amide bonds. The number of halogens is 1. The molecule has 4 heteroatoms. The van der Waals surface area contributed by atoms with E-state index >= 15 is 0 Å². The number of hydrogen-bond acceptors (Lipinski definition) is 2. The first kappa shape index (κ1) is 13.2. The molecule has 21 heavy (non-hydrogen) atoms. The fourth-order valence-corrected chi connectivity index (χ4v) is 2.39. The van der Waals surface area contributed by atoms with Crippen molar-refractivity contribution in [1.29, 1.82) is 0 Å². The van der Waals surface area contributed by atoms with Gasteiger partial charge in [0.2, 0.25) is 0 Å². The highest BCUT2D eigenvalue weighted by Gasteiger charge is 2.15. The number of aromatic nitrogens is 1. The number of benzene rings is 2. The summed E-state index contributed by atoms with van der Waals surface area (Å²) in [6.07, 6.45) is 0. The van der Waals surface area contributed by atoms with Crippen molar-refractivity contribution in [2.45, 2.75) is 6.92 Å². The van der Waals surface area contributed by atoms with Crippen molar-refractivity contribution in [1.82, 2.24) is 4.98 Å². The number of hydrogen-bond donors (Lipinski definition) is 1. The maximum absolute atomic E-state index is 13.5. The zero-order valence-electron chi connectivity index (χ0n) is 11.3. The third-order valence-corrected chi connectivity index (χ3v) is 3.37. The number of carbonyl (C=O) groups is 1. The van der Waals surface area contributed by atoms with E-state index in [0.29, 0.717) is 22.2 Å². The van der Waals surface area contributed by atoms with Crippen molar-refractivity contribution in [3.05, 3.63) is 65.5 Å². The van der Waals surface area contributed by atoms with Crippen LogP contribution in [0.3, 0.4) is 0 Å². The molecule has 0 bridgehead atoms. The summed E-state index contributed by atoms with van der Waals surface area (Å²) in [6, 6.07) is 13.4. The molecular weight excluding hydrogens is 269 g/mol. The molecule has 1 N–H and O–H groups in total. The molecule has 0 radical (unpaired) electrons. The summed E-state index contributed by atoms with van der Waals surface area (Å²) in [7, 11) is 0. The highest BCUT2D eigenvalue weighted by molar-refractivity contribution is 6.04. The molecule has 2 aromatic carbocycles. The van der Waals surface area contributed by atoms with Crippen LogP contribution in [0.25, 0.3) is 22.2 Å². The summed E-state index contributed by atoms with van der Waals surface area (Å²) < 4.78 is 13.5. The van der Waals surface area contributed by atoms with Crippen molar-refractivity contribution in [2.75, 3.05) is 0 Å². The fourth-order valence-electron chi connectivity index (χ4n) is 2.39. The minimum Gasteiger partial charge on any atom is -0.478 e. The van der Waals surface area contributed by atoms with E-state index in [1.807, 2.05) is 30.3 Å². The zero-order chi connectivity index (χ0) is 15.0. The normalized spacial score (nSPS) is 10.8. The van der Waals surface area contributed by atoms with E-state index < -0.39 is 11.8 Å². The van der Waals surface area contributed by atoms with Crippen LogP contribution in [0.4, 0.5) is 4.39 Å². The van der Waals surface area contributed by atoms with Crippen molar-refractivity contribution >= 4 is 16.9 Å². The summed E-state index contributed by atoms with van der Waals surface area (Å²) in [5.74, 6) is -1.55. The summed E-state index contributed by atoms with van der Waals surface area (Å²) in [5.41, 5.74) is 2.57. The lowest BCUT2D eigenvalue weighted by Crippen LogP contribution is -2.01. The molecular formula is C17H12FNO2. The van der Waals surface area contributed by atoms with Crippen molar-refractivity contribution < 1.29 is 14.3 Å². The molecule has 104 valence electrons.